The number of alkyl halides is 3. The maximum atomic E-state index is 14.3. The largest absolute Gasteiger partial charge is 0.466 e. The number of allylic oxidation sites excluding steroid dienone is 1. The molecule has 0 bridgehead atoms. The summed E-state index contributed by atoms with van der Waals surface area (Å²) < 4.78 is 47.4. The molecule has 2 rings (SSSR count). The summed E-state index contributed by atoms with van der Waals surface area (Å²) in [5, 5.41) is 1.81. The number of esters is 1. The van der Waals surface area contributed by atoms with Crippen LogP contribution < -0.4 is 5.32 Å². The number of benzene rings is 1. The fourth-order valence-corrected chi connectivity index (χ4v) is 3.31. The van der Waals surface area contributed by atoms with Crippen molar-refractivity contribution in [2.24, 2.45) is 5.92 Å². The Kier molecular flexibility index (Phi) is 6.40. The van der Waals surface area contributed by atoms with Gasteiger partial charge < -0.3 is 15.0 Å². The summed E-state index contributed by atoms with van der Waals surface area (Å²) in [5.74, 6) is -4.00. The van der Waals surface area contributed by atoms with Crippen molar-refractivity contribution < 1.29 is 32.3 Å². The fourth-order valence-electron chi connectivity index (χ4n) is 3.31. The molecule has 9 heteroatoms. The number of halogens is 3. The fraction of sp³-hybridized carbons (Fsp3) is 0.450. The highest BCUT2D eigenvalue weighted by atomic mass is 19.4. The number of ether oxygens (including phenoxy) is 1. The second kappa shape index (κ2) is 8.26. The van der Waals surface area contributed by atoms with E-state index >= 15 is 0 Å². The number of nitrogens with one attached hydrogen (secondary N) is 1. The van der Waals surface area contributed by atoms with Crippen LogP contribution >= 0.6 is 0 Å². The number of hydrogen-bond acceptors (Lipinski definition) is 4. The van der Waals surface area contributed by atoms with Crippen LogP contribution in [-0.4, -0.2) is 41.5 Å². The zero-order valence-corrected chi connectivity index (χ0v) is 16.6. The zero-order chi connectivity index (χ0) is 22.0. The van der Waals surface area contributed by atoms with Crippen LogP contribution in [0.2, 0.25) is 0 Å². The third-order valence-corrected chi connectivity index (χ3v) is 4.63. The van der Waals surface area contributed by atoms with Crippen LogP contribution in [0.3, 0.4) is 0 Å². The lowest BCUT2D eigenvalue weighted by Crippen LogP contribution is -2.66. The molecule has 1 aromatic rings. The van der Waals surface area contributed by atoms with Gasteiger partial charge in [0.25, 0.3) is 5.91 Å². The van der Waals surface area contributed by atoms with Gasteiger partial charge in [-0.05, 0) is 18.4 Å². The first-order valence-electron chi connectivity index (χ1n) is 8.99. The molecule has 0 aliphatic carbocycles. The van der Waals surface area contributed by atoms with Gasteiger partial charge >= 0.3 is 12.1 Å². The molecule has 0 radical (unpaired) electrons. The second-order valence-electron chi connectivity index (χ2n) is 7.22. The van der Waals surface area contributed by atoms with Crippen molar-refractivity contribution in [1.82, 2.24) is 10.2 Å². The van der Waals surface area contributed by atoms with Crippen LogP contribution in [0.4, 0.5) is 13.2 Å². The second-order valence-corrected chi connectivity index (χ2v) is 7.22. The Morgan fingerprint density at radius 2 is 1.79 bits per heavy atom. The van der Waals surface area contributed by atoms with Gasteiger partial charge in [-0.3, -0.25) is 9.59 Å². The first-order chi connectivity index (χ1) is 13.5. The predicted octanol–water partition coefficient (Wildman–Crippen LogP) is 2.94. The summed E-state index contributed by atoms with van der Waals surface area (Å²) in [6, 6.07) is 8.37. The van der Waals surface area contributed by atoms with Crippen molar-refractivity contribution in [1.29, 1.82) is 0 Å². The monoisotopic (exact) mass is 412 g/mol. The SMILES string of the molecule is COC(=O)C1=C(C)N(Cc2ccccc2)C(=O)[C@@]1(NC(=O)CC(C)C)C(F)(F)F. The van der Waals surface area contributed by atoms with Gasteiger partial charge in [0.15, 0.2) is 0 Å². The van der Waals surface area contributed by atoms with E-state index in [-0.39, 0.29) is 24.6 Å². The molecule has 158 valence electrons. The predicted molar refractivity (Wildman–Crippen MR) is 98.1 cm³/mol. The Balaban J connectivity index is 2.61. The Hall–Kier alpha value is -2.84. The van der Waals surface area contributed by atoms with E-state index in [0.29, 0.717) is 5.56 Å². The van der Waals surface area contributed by atoms with Crippen molar-refractivity contribution in [3.05, 3.63) is 47.2 Å². The lowest BCUT2D eigenvalue weighted by Gasteiger charge is -2.33. The molecule has 0 spiro atoms. The topological polar surface area (TPSA) is 75.7 Å². The normalized spacial score (nSPS) is 19.7. The van der Waals surface area contributed by atoms with Gasteiger partial charge in [0.1, 0.15) is 5.57 Å². The van der Waals surface area contributed by atoms with E-state index in [2.05, 4.69) is 4.74 Å². The number of carbonyl (C=O) groups is 3. The zero-order valence-electron chi connectivity index (χ0n) is 16.6. The van der Waals surface area contributed by atoms with Crippen LogP contribution in [0.5, 0.6) is 0 Å². The molecule has 0 saturated carbocycles. The Bertz CT molecular complexity index is 834. The molecule has 6 nitrogen and oxygen atoms in total. The maximum absolute atomic E-state index is 14.3. The summed E-state index contributed by atoms with van der Waals surface area (Å²) in [6.07, 6.45) is -5.50. The quantitative estimate of drug-likeness (QED) is 0.729. The van der Waals surface area contributed by atoms with Crippen LogP contribution in [0.15, 0.2) is 41.6 Å². The van der Waals surface area contributed by atoms with Gasteiger partial charge in [-0.25, -0.2) is 4.79 Å². The van der Waals surface area contributed by atoms with Gasteiger partial charge in [0.2, 0.25) is 11.4 Å². The van der Waals surface area contributed by atoms with Crippen molar-refractivity contribution in [3.63, 3.8) is 0 Å². The van der Waals surface area contributed by atoms with E-state index in [1.54, 1.807) is 44.2 Å². The molecular weight excluding hydrogens is 389 g/mol. The van der Waals surface area contributed by atoms with E-state index < -0.39 is 35.1 Å². The average Bonchev–Trinajstić information content (AvgIpc) is 2.83. The highest BCUT2D eigenvalue weighted by Gasteiger charge is 2.70. The summed E-state index contributed by atoms with van der Waals surface area (Å²) >= 11 is 0. The van der Waals surface area contributed by atoms with Crippen molar-refractivity contribution >= 4 is 17.8 Å². The first-order valence-corrected chi connectivity index (χ1v) is 8.99. The third-order valence-electron chi connectivity index (χ3n) is 4.63. The lowest BCUT2D eigenvalue weighted by molar-refractivity contribution is -0.196. The standard InChI is InChI=1S/C20H23F3N2O4/c1-12(2)10-15(26)24-19(20(21,22)23)16(17(27)29-4)13(3)25(18(19)28)11-14-8-6-5-7-9-14/h5-9,12H,10-11H2,1-4H3,(H,24,26)/t19-/m1/s1. The molecule has 0 saturated heterocycles. The van der Waals surface area contributed by atoms with Gasteiger partial charge in [0.05, 0.1) is 13.7 Å². The number of rotatable bonds is 6. The number of hydrogen-bond donors (Lipinski definition) is 1. The van der Waals surface area contributed by atoms with Crippen molar-refractivity contribution in [3.8, 4) is 0 Å². The maximum Gasteiger partial charge on any atom is 0.425 e. The number of methoxy groups -OCH3 is 1. The smallest absolute Gasteiger partial charge is 0.425 e. The number of carbonyl (C=O) groups excluding carboxylic acids is 3. The molecule has 0 unspecified atom stereocenters. The van der Waals surface area contributed by atoms with E-state index in [4.69, 9.17) is 0 Å². The van der Waals surface area contributed by atoms with Gasteiger partial charge in [0, 0.05) is 12.1 Å². The van der Waals surface area contributed by atoms with Gasteiger partial charge in [-0.2, -0.15) is 13.2 Å². The third kappa shape index (κ3) is 4.13. The molecule has 1 aliphatic rings. The first kappa shape index (κ1) is 22.4. The van der Waals surface area contributed by atoms with Crippen molar-refractivity contribution in [2.45, 2.75) is 45.5 Å². The van der Waals surface area contributed by atoms with Crippen LogP contribution in [0, 0.1) is 5.92 Å². The Morgan fingerprint density at radius 3 is 2.28 bits per heavy atom. The Morgan fingerprint density at radius 1 is 1.21 bits per heavy atom. The average molecular weight is 412 g/mol. The minimum absolute atomic E-state index is 0.191. The number of nitrogens with zero attached hydrogens (tertiary/aromatic N) is 1. The molecule has 1 heterocycles. The summed E-state index contributed by atoms with van der Waals surface area (Å²) in [7, 11) is 0.921. The molecule has 1 N–H and O–H groups in total. The minimum Gasteiger partial charge on any atom is -0.466 e. The van der Waals surface area contributed by atoms with Gasteiger partial charge in [-0.1, -0.05) is 44.2 Å². The molecule has 29 heavy (non-hydrogen) atoms. The molecule has 1 aromatic carbocycles. The Labute approximate surface area is 166 Å². The lowest BCUT2D eigenvalue weighted by atomic mass is 9.88. The molecule has 1 aliphatic heterocycles. The highest BCUT2D eigenvalue weighted by Crippen LogP contribution is 2.45. The van der Waals surface area contributed by atoms with Crippen LogP contribution in [-0.2, 0) is 25.7 Å². The summed E-state index contributed by atoms with van der Waals surface area (Å²) in [5.41, 5.74) is -4.07. The summed E-state index contributed by atoms with van der Waals surface area (Å²) in [4.78, 5) is 38.5. The molecule has 0 aromatic heterocycles. The van der Waals surface area contributed by atoms with E-state index in [1.165, 1.54) is 6.92 Å². The van der Waals surface area contributed by atoms with Crippen LogP contribution in [0.25, 0.3) is 0 Å². The van der Waals surface area contributed by atoms with E-state index in [0.717, 1.165) is 12.0 Å². The molecule has 2 amide bonds. The number of amides is 2. The van der Waals surface area contributed by atoms with E-state index in [1.807, 2.05) is 5.32 Å². The molecular formula is C20H23F3N2O4. The molecule has 1 atom stereocenters. The minimum atomic E-state index is -5.26. The van der Waals surface area contributed by atoms with Crippen molar-refractivity contribution in [2.75, 3.05) is 7.11 Å². The highest BCUT2D eigenvalue weighted by molar-refractivity contribution is 6.10. The molecule has 0 fully saturated rings. The van der Waals surface area contributed by atoms with Gasteiger partial charge in [-0.15, -0.1) is 0 Å². The summed E-state index contributed by atoms with van der Waals surface area (Å²) in [6.45, 7) is 4.35. The van der Waals surface area contributed by atoms with E-state index in [9.17, 15) is 27.6 Å². The van der Waals surface area contributed by atoms with Crippen LogP contribution in [0.1, 0.15) is 32.8 Å².